The summed E-state index contributed by atoms with van der Waals surface area (Å²) in [5.74, 6) is -0.440. The van der Waals surface area contributed by atoms with Gasteiger partial charge < -0.3 is 15.0 Å². The van der Waals surface area contributed by atoms with E-state index in [0.717, 1.165) is 18.4 Å². The molecule has 0 aromatic heterocycles. The van der Waals surface area contributed by atoms with Crippen molar-refractivity contribution in [2.75, 3.05) is 20.2 Å². The van der Waals surface area contributed by atoms with E-state index < -0.39 is 5.97 Å². The van der Waals surface area contributed by atoms with E-state index in [-0.39, 0.29) is 18.6 Å². The van der Waals surface area contributed by atoms with Crippen LogP contribution in [0.2, 0.25) is 0 Å². The molecule has 1 heterocycles. The standard InChI is InChI=1S/C15H20N2O3/c1-11-5-3-6-12(9-11)13-7-4-8-17(13)15(19)16-10-14(18)20-2/h3,5-6,9,13H,4,7-8,10H2,1-2H3,(H,16,19)/t13-/m0/s1. The molecule has 1 saturated heterocycles. The number of ether oxygens (including phenoxy) is 1. The van der Waals surface area contributed by atoms with Gasteiger partial charge in [0.1, 0.15) is 6.54 Å². The van der Waals surface area contributed by atoms with Gasteiger partial charge in [-0.25, -0.2) is 4.79 Å². The molecule has 1 aromatic rings. The van der Waals surface area contributed by atoms with Crippen LogP contribution in [0.1, 0.15) is 30.0 Å². The molecule has 0 radical (unpaired) electrons. The van der Waals surface area contributed by atoms with Gasteiger partial charge in [0.05, 0.1) is 13.2 Å². The van der Waals surface area contributed by atoms with Gasteiger partial charge in [0.2, 0.25) is 0 Å². The fraction of sp³-hybridized carbons (Fsp3) is 0.467. The number of carbonyl (C=O) groups is 2. The Morgan fingerprint density at radius 3 is 2.95 bits per heavy atom. The smallest absolute Gasteiger partial charge is 0.325 e. The highest BCUT2D eigenvalue weighted by molar-refractivity contribution is 5.81. The number of benzene rings is 1. The van der Waals surface area contributed by atoms with Crippen LogP contribution in [0.25, 0.3) is 0 Å². The van der Waals surface area contributed by atoms with E-state index in [1.165, 1.54) is 12.7 Å². The van der Waals surface area contributed by atoms with Crippen molar-refractivity contribution in [1.29, 1.82) is 0 Å². The van der Waals surface area contributed by atoms with E-state index in [0.29, 0.717) is 6.54 Å². The van der Waals surface area contributed by atoms with Crippen molar-refractivity contribution in [3.05, 3.63) is 35.4 Å². The summed E-state index contributed by atoms with van der Waals surface area (Å²) in [6.07, 6.45) is 1.93. The zero-order valence-corrected chi connectivity index (χ0v) is 11.9. The van der Waals surface area contributed by atoms with Crippen molar-refractivity contribution in [2.24, 2.45) is 0 Å². The molecule has 1 aliphatic heterocycles. The molecule has 0 spiro atoms. The summed E-state index contributed by atoms with van der Waals surface area (Å²) in [5.41, 5.74) is 2.33. The lowest BCUT2D eigenvalue weighted by atomic mass is 10.0. The van der Waals surface area contributed by atoms with E-state index in [2.05, 4.69) is 16.1 Å². The first-order valence-electron chi connectivity index (χ1n) is 6.79. The van der Waals surface area contributed by atoms with Gasteiger partial charge in [-0.1, -0.05) is 29.8 Å². The van der Waals surface area contributed by atoms with Crippen molar-refractivity contribution < 1.29 is 14.3 Å². The Kier molecular flexibility index (Phi) is 4.61. The van der Waals surface area contributed by atoms with Crippen molar-refractivity contribution in [1.82, 2.24) is 10.2 Å². The third-order valence-corrected chi connectivity index (χ3v) is 3.55. The quantitative estimate of drug-likeness (QED) is 0.859. The summed E-state index contributed by atoms with van der Waals surface area (Å²) in [6.45, 7) is 2.66. The van der Waals surface area contributed by atoms with E-state index in [1.807, 2.05) is 25.1 Å². The van der Waals surface area contributed by atoms with Crippen LogP contribution < -0.4 is 5.32 Å². The van der Waals surface area contributed by atoms with Gasteiger partial charge in [0, 0.05) is 6.54 Å². The topological polar surface area (TPSA) is 58.6 Å². The van der Waals surface area contributed by atoms with Crippen LogP contribution in [-0.4, -0.2) is 37.1 Å². The summed E-state index contributed by atoms with van der Waals surface area (Å²) in [6, 6.07) is 8.08. The van der Waals surface area contributed by atoms with Crippen LogP contribution in [0.5, 0.6) is 0 Å². The summed E-state index contributed by atoms with van der Waals surface area (Å²) in [7, 11) is 1.31. The molecule has 1 aromatic carbocycles. The average Bonchev–Trinajstić information content (AvgIpc) is 2.93. The van der Waals surface area contributed by atoms with Crippen LogP contribution >= 0.6 is 0 Å². The van der Waals surface area contributed by atoms with E-state index in [9.17, 15) is 9.59 Å². The first kappa shape index (κ1) is 14.4. The summed E-state index contributed by atoms with van der Waals surface area (Å²) in [5, 5.41) is 2.60. The lowest BCUT2D eigenvalue weighted by Crippen LogP contribution is -2.41. The molecule has 1 atom stereocenters. The molecule has 0 aliphatic carbocycles. The minimum Gasteiger partial charge on any atom is -0.468 e. The Morgan fingerprint density at radius 1 is 1.45 bits per heavy atom. The third kappa shape index (κ3) is 3.29. The molecule has 0 unspecified atom stereocenters. The number of methoxy groups -OCH3 is 1. The summed E-state index contributed by atoms with van der Waals surface area (Å²) >= 11 is 0. The zero-order chi connectivity index (χ0) is 14.5. The molecule has 20 heavy (non-hydrogen) atoms. The Bertz CT molecular complexity index is 502. The second-order valence-electron chi connectivity index (χ2n) is 5.00. The predicted molar refractivity (Wildman–Crippen MR) is 75.3 cm³/mol. The molecule has 5 nitrogen and oxygen atoms in total. The molecule has 1 aliphatic rings. The highest BCUT2D eigenvalue weighted by Crippen LogP contribution is 2.32. The SMILES string of the molecule is COC(=O)CNC(=O)N1CCC[C@H]1c1cccc(C)c1. The maximum atomic E-state index is 12.1. The Labute approximate surface area is 118 Å². The Hall–Kier alpha value is -2.04. The van der Waals surface area contributed by atoms with Crippen LogP contribution in [-0.2, 0) is 9.53 Å². The number of esters is 1. The van der Waals surface area contributed by atoms with E-state index in [4.69, 9.17) is 0 Å². The van der Waals surface area contributed by atoms with Gasteiger partial charge in [0.15, 0.2) is 0 Å². The first-order valence-corrected chi connectivity index (χ1v) is 6.79. The number of carbonyl (C=O) groups excluding carboxylic acids is 2. The molecular weight excluding hydrogens is 256 g/mol. The fourth-order valence-electron chi connectivity index (χ4n) is 2.56. The van der Waals surface area contributed by atoms with Gasteiger partial charge in [-0.3, -0.25) is 4.79 Å². The molecule has 2 amide bonds. The number of aryl methyl sites for hydroxylation is 1. The molecule has 2 rings (SSSR count). The number of amides is 2. The van der Waals surface area contributed by atoms with Crippen LogP contribution in [0.3, 0.4) is 0 Å². The Morgan fingerprint density at radius 2 is 2.25 bits per heavy atom. The number of urea groups is 1. The van der Waals surface area contributed by atoms with Crippen molar-refractivity contribution in [3.63, 3.8) is 0 Å². The minimum atomic E-state index is -0.440. The van der Waals surface area contributed by atoms with Crippen LogP contribution in [0.4, 0.5) is 4.79 Å². The predicted octanol–water partition coefficient (Wildman–Crippen LogP) is 2.01. The molecular formula is C15H20N2O3. The lowest BCUT2D eigenvalue weighted by Gasteiger charge is -2.25. The lowest BCUT2D eigenvalue weighted by molar-refractivity contribution is -0.139. The highest BCUT2D eigenvalue weighted by Gasteiger charge is 2.30. The summed E-state index contributed by atoms with van der Waals surface area (Å²) in [4.78, 5) is 25.0. The van der Waals surface area contributed by atoms with Crippen molar-refractivity contribution in [2.45, 2.75) is 25.8 Å². The van der Waals surface area contributed by atoms with Crippen LogP contribution in [0.15, 0.2) is 24.3 Å². The summed E-state index contributed by atoms with van der Waals surface area (Å²) < 4.78 is 4.52. The number of hydrogen-bond donors (Lipinski definition) is 1. The van der Waals surface area contributed by atoms with E-state index >= 15 is 0 Å². The normalized spacial score (nSPS) is 17.9. The largest absolute Gasteiger partial charge is 0.468 e. The third-order valence-electron chi connectivity index (χ3n) is 3.55. The van der Waals surface area contributed by atoms with Gasteiger partial charge in [-0.15, -0.1) is 0 Å². The molecule has 5 heteroatoms. The van der Waals surface area contributed by atoms with Gasteiger partial charge in [0.25, 0.3) is 0 Å². The van der Waals surface area contributed by atoms with Crippen LogP contribution in [0, 0.1) is 6.92 Å². The molecule has 108 valence electrons. The highest BCUT2D eigenvalue weighted by atomic mass is 16.5. The maximum absolute atomic E-state index is 12.1. The number of likely N-dealkylation sites (tertiary alicyclic amines) is 1. The molecule has 0 saturated carbocycles. The maximum Gasteiger partial charge on any atom is 0.325 e. The van der Waals surface area contributed by atoms with Gasteiger partial charge in [-0.2, -0.15) is 0 Å². The molecule has 1 N–H and O–H groups in total. The number of nitrogens with one attached hydrogen (secondary N) is 1. The molecule has 1 fully saturated rings. The fourth-order valence-corrected chi connectivity index (χ4v) is 2.56. The number of nitrogens with zero attached hydrogens (tertiary/aromatic N) is 1. The monoisotopic (exact) mass is 276 g/mol. The number of hydrogen-bond acceptors (Lipinski definition) is 3. The van der Waals surface area contributed by atoms with E-state index in [1.54, 1.807) is 4.90 Å². The van der Waals surface area contributed by atoms with Crippen molar-refractivity contribution in [3.8, 4) is 0 Å². The Balaban J connectivity index is 2.03. The number of rotatable bonds is 3. The minimum absolute atomic E-state index is 0.0903. The van der Waals surface area contributed by atoms with Gasteiger partial charge in [-0.05, 0) is 25.3 Å². The first-order chi connectivity index (χ1) is 9.61. The average molecular weight is 276 g/mol. The van der Waals surface area contributed by atoms with Gasteiger partial charge >= 0.3 is 12.0 Å². The molecule has 0 bridgehead atoms. The second-order valence-corrected chi connectivity index (χ2v) is 5.00. The zero-order valence-electron chi connectivity index (χ0n) is 11.9. The van der Waals surface area contributed by atoms with Crippen molar-refractivity contribution >= 4 is 12.0 Å². The second kappa shape index (κ2) is 6.41.